The van der Waals surface area contributed by atoms with E-state index in [4.69, 9.17) is 0 Å². The second-order valence-corrected chi connectivity index (χ2v) is 9.30. The molecular formula is C18H23N3O4S. The monoisotopic (exact) mass is 377 g/mol. The third kappa shape index (κ3) is 4.12. The summed E-state index contributed by atoms with van der Waals surface area (Å²) >= 11 is 0. The number of hydrazone groups is 1. The van der Waals surface area contributed by atoms with Gasteiger partial charge >= 0.3 is 0 Å². The van der Waals surface area contributed by atoms with Crippen molar-refractivity contribution in [1.82, 2.24) is 5.01 Å². The highest BCUT2D eigenvalue weighted by Crippen LogP contribution is 2.23. The van der Waals surface area contributed by atoms with Crippen LogP contribution in [0.2, 0.25) is 0 Å². The van der Waals surface area contributed by atoms with Gasteiger partial charge in [0, 0.05) is 18.5 Å². The quantitative estimate of drug-likeness (QED) is 0.867. The van der Waals surface area contributed by atoms with Crippen molar-refractivity contribution in [1.29, 1.82) is 0 Å². The lowest BCUT2D eigenvalue weighted by Crippen LogP contribution is -2.42. The topological polar surface area (TPSA) is 95.9 Å². The maximum atomic E-state index is 12.5. The number of amides is 2. The van der Waals surface area contributed by atoms with E-state index in [1.54, 1.807) is 0 Å². The molecule has 0 radical (unpaired) electrons. The normalized spacial score (nSPS) is 22.4. The largest absolute Gasteiger partial charge is 0.321 e. The lowest BCUT2D eigenvalue weighted by Gasteiger charge is -2.27. The van der Waals surface area contributed by atoms with Gasteiger partial charge in [-0.05, 0) is 30.0 Å². The summed E-state index contributed by atoms with van der Waals surface area (Å²) in [6, 6.07) is 7.12. The molecule has 2 heterocycles. The van der Waals surface area contributed by atoms with Gasteiger partial charge < -0.3 is 5.32 Å². The number of rotatable bonds is 4. The van der Waals surface area contributed by atoms with Crippen LogP contribution in [0.1, 0.15) is 44.6 Å². The van der Waals surface area contributed by atoms with Crippen molar-refractivity contribution >= 4 is 33.1 Å². The van der Waals surface area contributed by atoms with E-state index in [1.807, 2.05) is 24.3 Å². The molecule has 2 aliphatic rings. The van der Waals surface area contributed by atoms with E-state index in [1.165, 1.54) is 10.6 Å². The fourth-order valence-electron chi connectivity index (χ4n) is 3.14. The summed E-state index contributed by atoms with van der Waals surface area (Å²) in [6.07, 6.45) is 0.781. The molecular weight excluding hydrogens is 354 g/mol. The first-order chi connectivity index (χ1) is 12.2. The van der Waals surface area contributed by atoms with Gasteiger partial charge in [-0.25, -0.2) is 13.4 Å². The van der Waals surface area contributed by atoms with Crippen LogP contribution in [-0.2, 0) is 19.4 Å². The fraction of sp³-hybridized carbons (Fsp3) is 0.500. The van der Waals surface area contributed by atoms with Gasteiger partial charge in [0.05, 0.1) is 17.5 Å². The molecule has 0 aromatic heterocycles. The Bertz CT molecular complexity index is 844. The van der Waals surface area contributed by atoms with Crippen LogP contribution in [0.25, 0.3) is 0 Å². The molecule has 0 spiro atoms. The average Bonchev–Trinajstić information content (AvgIpc) is 2.95. The summed E-state index contributed by atoms with van der Waals surface area (Å²) < 4.78 is 23.3. The van der Waals surface area contributed by atoms with Crippen molar-refractivity contribution in [3.8, 4) is 0 Å². The number of anilines is 1. The minimum Gasteiger partial charge on any atom is -0.321 e. The first-order valence-corrected chi connectivity index (χ1v) is 10.6. The Morgan fingerprint density at radius 1 is 1.23 bits per heavy atom. The molecule has 7 nitrogen and oxygen atoms in total. The number of hydrogen-bond acceptors (Lipinski definition) is 5. The van der Waals surface area contributed by atoms with Crippen LogP contribution < -0.4 is 5.32 Å². The molecule has 0 aliphatic carbocycles. The third-order valence-corrected chi connectivity index (χ3v) is 6.46. The second kappa shape index (κ2) is 7.19. The summed E-state index contributed by atoms with van der Waals surface area (Å²) in [5, 5.41) is 8.17. The fourth-order valence-corrected chi connectivity index (χ4v) is 4.83. The average molecular weight is 377 g/mol. The van der Waals surface area contributed by atoms with E-state index in [2.05, 4.69) is 24.3 Å². The highest BCUT2D eigenvalue weighted by Gasteiger charge is 2.37. The first-order valence-electron chi connectivity index (χ1n) is 8.76. The zero-order chi connectivity index (χ0) is 18.9. The van der Waals surface area contributed by atoms with E-state index >= 15 is 0 Å². The molecule has 0 unspecified atom stereocenters. The molecule has 8 heteroatoms. The van der Waals surface area contributed by atoms with Gasteiger partial charge in [-0.3, -0.25) is 9.59 Å². The van der Waals surface area contributed by atoms with Gasteiger partial charge in [-0.15, -0.1) is 0 Å². The molecule has 2 aliphatic heterocycles. The minimum atomic E-state index is -3.13. The summed E-state index contributed by atoms with van der Waals surface area (Å²) in [5.41, 5.74) is 2.09. The number of hydrogen-bond donors (Lipinski definition) is 1. The van der Waals surface area contributed by atoms with Gasteiger partial charge in [0.2, 0.25) is 5.91 Å². The summed E-state index contributed by atoms with van der Waals surface area (Å²) in [5.74, 6) is -0.218. The molecule has 140 valence electrons. The predicted octanol–water partition coefficient (Wildman–Crippen LogP) is 1.91. The van der Waals surface area contributed by atoms with Gasteiger partial charge in [0.15, 0.2) is 9.84 Å². The molecule has 26 heavy (non-hydrogen) atoms. The zero-order valence-corrected chi connectivity index (χ0v) is 15.8. The van der Waals surface area contributed by atoms with Crippen LogP contribution in [0.5, 0.6) is 0 Å². The smallest absolute Gasteiger partial charge is 0.271 e. The highest BCUT2D eigenvalue weighted by molar-refractivity contribution is 7.91. The maximum absolute atomic E-state index is 12.5. The van der Waals surface area contributed by atoms with E-state index < -0.39 is 15.9 Å². The van der Waals surface area contributed by atoms with Crippen LogP contribution in [0.15, 0.2) is 29.4 Å². The van der Waals surface area contributed by atoms with E-state index in [-0.39, 0.29) is 41.9 Å². The molecule has 1 fully saturated rings. The van der Waals surface area contributed by atoms with Crippen molar-refractivity contribution in [2.75, 3.05) is 16.8 Å². The number of nitrogens with zero attached hydrogens (tertiary/aromatic N) is 2. The lowest BCUT2D eigenvalue weighted by atomic mass is 10.0. The molecule has 0 bridgehead atoms. The third-order valence-electron chi connectivity index (χ3n) is 4.71. The molecule has 1 saturated heterocycles. The van der Waals surface area contributed by atoms with Crippen LogP contribution in [-0.4, -0.2) is 48.5 Å². The number of benzene rings is 1. The zero-order valence-electron chi connectivity index (χ0n) is 14.9. The molecule has 1 aromatic rings. The molecule has 1 aromatic carbocycles. The number of sulfone groups is 1. The van der Waals surface area contributed by atoms with Crippen LogP contribution in [0.4, 0.5) is 5.69 Å². The van der Waals surface area contributed by atoms with Crippen molar-refractivity contribution in [3.05, 3.63) is 29.8 Å². The minimum absolute atomic E-state index is 0.0562. The van der Waals surface area contributed by atoms with Gasteiger partial charge in [-0.2, -0.15) is 5.10 Å². The van der Waals surface area contributed by atoms with Crippen molar-refractivity contribution in [3.63, 3.8) is 0 Å². The predicted molar refractivity (Wildman–Crippen MR) is 99.7 cm³/mol. The summed E-state index contributed by atoms with van der Waals surface area (Å²) in [4.78, 5) is 24.6. The summed E-state index contributed by atoms with van der Waals surface area (Å²) in [7, 11) is -3.13. The highest BCUT2D eigenvalue weighted by atomic mass is 32.2. The number of carbonyl (C=O) groups excluding carboxylic acids is 2. The molecule has 0 saturated carbocycles. The Balaban J connectivity index is 1.72. The van der Waals surface area contributed by atoms with Crippen molar-refractivity contribution in [2.45, 2.75) is 45.1 Å². The Morgan fingerprint density at radius 3 is 2.50 bits per heavy atom. The van der Waals surface area contributed by atoms with E-state index in [0.717, 1.165) is 0 Å². The van der Waals surface area contributed by atoms with Crippen molar-refractivity contribution < 1.29 is 18.0 Å². The second-order valence-electron chi connectivity index (χ2n) is 7.07. The van der Waals surface area contributed by atoms with E-state index in [0.29, 0.717) is 18.0 Å². The van der Waals surface area contributed by atoms with Gasteiger partial charge in [0.25, 0.3) is 5.91 Å². The van der Waals surface area contributed by atoms with Crippen molar-refractivity contribution in [2.24, 2.45) is 5.10 Å². The molecule has 1 atom stereocenters. The molecule has 3 rings (SSSR count). The lowest BCUT2D eigenvalue weighted by molar-refractivity contribution is -0.133. The van der Waals surface area contributed by atoms with Gasteiger partial charge in [-0.1, -0.05) is 26.0 Å². The Labute approximate surface area is 153 Å². The molecule has 2 amide bonds. The van der Waals surface area contributed by atoms with E-state index in [9.17, 15) is 18.0 Å². The van der Waals surface area contributed by atoms with Crippen LogP contribution in [0, 0.1) is 0 Å². The number of nitrogens with one attached hydrogen (secondary N) is 1. The standard InChI is InChI=1S/C18H23N3O4S/c1-12(2)13-3-5-14(6-4-13)19-18(23)16-7-8-17(22)21(20-16)15-9-10-26(24,25)11-15/h3-6,12,15H,7-11H2,1-2H3,(H,19,23)/t15-/m0/s1. The number of carbonyl (C=O) groups is 2. The Kier molecular flexibility index (Phi) is 5.13. The Morgan fingerprint density at radius 2 is 1.92 bits per heavy atom. The molecule has 1 N–H and O–H groups in total. The maximum Gasteiger partial charge on any atom is 0.271 e. The van der Waals surface area contributed by atoms with Gasteiger partial charge in [0.1, 0.15) is 5.71 Å². The van der Waals surface area contributed by atoms with Crippen LogP contribution >= 0.6 is 0 Å². The van der Waals surface area contributed by atoms with Crippen LogP contribution in [0.3, 0.4) is 0 Å². The Hall–Kier alpha value is -2.22. The SMILES string of the molecule is CC(C)c1ccc(NC(=O)C2=NN([C@H]3CCS(=O)(=O)C3)C(=O)CC2)cc1. The summed E-state index contributed by atoms with van der Waals surface area (Å²) in [6.45, 7) is 4.19. The first kappa shape index (κ1) is 18.6.